The van der Waals surface area contributed by atoms with Gasteiger partial charge in [-0.15, -0.1) is 0 Å². The minimum atomic E-state index is -3.57. The van der Waals surface area contributed by atoms with Gasteiger partial charge in [-0.05, 0) is 25.1 Å². The minimum Gasteiger partial charge on any atom is -0.249 e. The van der Waals surface area contributed by atoms with Crippen LogP contribution < -0.4 is 4.72 Å². The summed E-state index contributed by atoms with van der Waals surface area (Å²) in [6.07, 6.45) is 0.983. The normalized spacial score (nSPS) is 14.0. The van der Waals surface area contributed by atoms with Gasteiger partial charge in [0.15, 0.2) is 0 Å². The van der Waals surface area contributed by atoms with Crippen LogP contribution in [0.3, 0.4) is 0 Å². The zero-order valence-corrected chi connectivity index (χ0v) is 14.3. The van der Waals surface area contributed by atoms with Gasteiger partial charge >= 0.3 is 0 Å². The fourth-order valence-corrected chi connectivity index (χ4v) is 3.90. The van der Waals surface area contributed by atoms with Gasteiger partial charge in [-0.25, -0.2) is 12.6 Å². The van der Waals surface area contributed by atoms with E-state index in [9.17, 15) is 17.9 Å². The van der Waals surface area contributed by atoms with Gasteiger partial charge in [0, 0.05) is 15.4 Å². The van der Waals surface area contributed by atoms with E-state index in [-0.39, 0.29) is 0 Å². The zero-order valence-electron chi connectivity index (χ0n) is 12.7. The number of hydrogen-bond donors (Lipinski definition) is 1. The summed E-state index contributed by atoms with van der Waals surface area (Å²) < 4.78 is 37.9. The predicted octanol–water partition coefficient (Wildman–Crippen LogP) is 2.28. The van der Waals surface area contributed by atoms with Crippen molar-refractivity contribution in [3.8, 4) is 6.07 Å². The minimum absolute atomic E-state index is 0.388. The molecule has 0 aliphatic heterocycles. The van der Waals surface area contributed by atoms with Crippen LogP contribution in [0.1, 0.15) is 17.2 Å². The Morgan fingerprint density at radius 3 is 2.30 bits per heavy atom. The SMILES string of the molecule is Cc1ccc([S@](=O)c2ccccc2[C@@H](C#N)NS(C)(=O)=O)cc1. The molecule has 0 heterocycles. The van der Waals surface area contributed by atoms with Gasteiger partial charge in [-0.1, -0.05) is 35.9 Å². The van der Waals surface area contributed by atoms with Crippen LogP contribution in [0.2, 0.25) is 0 Å². The number of nitrogens with zero attached hydrogens (tertiary/aromatic N) is 1. The third kappa shape index (κ3) is 4.48. The highest BCUT2D eigenvalue weighted by Crippen LogP contribution is 2.25. The number of nitriles is 1. The lowest BCUT2D eigenvalue weighted by Crippen LogP contribution is -2.27. The molecule has 0 saturated heterocycles. The van der Waals surface area contributed by atoms with E-state index >= 15 is 0 Å². The van der Waals surface area contributed by atoms with E-state index in [1.165, 1.54) is 0 Å². The maximum atomic E-state index is 12.8. The summed E-state index contributed by atoms with van der Waals surface area (Å²) in [6.45, 7) is 1.93. The first kappa shape index (κ1) is 17.3. The van der Waals surface area contributed by atoms with Gasteiger partial charge in [0.2, 0.25) is 10.0 Å². The maximum absolute atomic E-state index is 12.8. The highest BCUT2D eigenvalue weighted by molar-refractivity contribution is 7.88. The molecule has 0 saturated carbocycles. The molecule has 0 amide bonds. The highest BCUT2D eigenvalue weighted by Gasteiger charge is 2.21. The summed E-state index contributed by atoms with van der Waals surface area (Å²) in [6, 6.07) is 14.7. The Kier molecular flexibility index (Phi) is 5.31. The molecule has 120 valence electrons. The molecule has 1 N–H and O–H groups in total. The first-order valence-electron chi connectivity index (χ1n) is 6.76. The fourth-order valence-electron chi connectivity index (χ4n) is 2.05. The summed E-state index contributed by atoms with van der Waals surface area (Å²) in [5.74, 6) is 0. The van der Waals surface area contributed by atoms with Crippen LogP contribution in [-0.4, -0.2) is 18.9 Å². The Morgan fingerprint density at radius 2 is 1.74 bits per heavy atom. The van der Waals surface area contributed by atoms with Crippen molar-refractivity contribution in [3.63, 3.8) is 0 Å². The molecule has 0 bridgehead atoms. The van der Waals surface area contributed by atoms with Crippen molar-refractivity contribution in [1.82, 2.24) is 4.72 Å². The molecule has 0 aliphatic rings. The summed E-state index contributed by atoms with van der Waals surface area (Å²) in [5, 5.41) is 9.28. The van der Waals surface area contributed by atoms with Crippen LogP contribution in [0.4, 0.5) is 0 Å². The van der Waals surface area contributed by atoms with Crippen molar-refractivity contribution in [2.75, 3.05) is 6.26 Å². The molecule has 2 atom stereocenters. The van der Waals surface area contributed by atoms with Crippen molar-refractivity contribution in [2.24, 2.45) is 0 Å². The molecule has 2 rings (SSSR count). The lowest BCUT2D eigenvalue weighted by Gasteiger charge is -2.14. The molecule has 2 aromatic carbocycles. The third-order valence-electron chi connectivity index (χ3n) is 3.13. The smallest absolute Gasteiger partial charge is 0.210 e. The van der Waals surface area contributed by atoms with Gasteiger partial charge in [-0.2, -0.15) is 9.98 Å². The van der Waals surface area contributed by atoms with E-state index in [0.717, 1.165) is 11.8 Å². The summed E-state index contributed by atoms with van der Waals surface area (Å²) in [4.78, 5) is 1.01. The second-order valence-electron chi connectivity index (χ2n) is 5.07. The number of aryl methyl sites for hydroxylation is 1. The quantitative estimate of drug-likeness (QED) is 0.898. The molecule has 0 aromatic heterocycles. The number of sulfonamides is 1. The fraction of sp³-hybridized carbons (Fsp3) is 0.188. The summed E-state index contributed by atoms with van der Waals surface area (Å²) in [7, 11) is -5.07. The Bertz CT molecular complexity index is 869. The van der Waals surface area contributed by atoms with Crippen LogP contribution in [0.5, 0.6) is 0 Å². The standard InChI is InChI=1S/C16H16N2O3S2/c1-12-7-9-13(10-8-12)22(19)16-6-4-3-5-14(16)15(11-17)18-23(2,20)21/h3-10,15,18H,1-2H3/t15-,22+/m1/s1. The lowest BCUT2D eigenvalue weighted by atomic mass is 10.1. The second kappa shape index (κ2) is 7.04. The zero-order chi connectivity index (χ0) is 17.0. The van der Waals surface area contributed by atoms with E-state index in [0.29, 0.717) is 15.4 Å². The number of hydrogen-bond acceptors (Lipinski definition) is 4. The third-order valence-corrected chi connectivity index (χ3v) is 5.26. The Labute approximate surface area is 138 Å². The maximum Gasteiger partial charge on any atom is 0.210 e. The number of rotatable bonds is 5. The molecular formula is C16H16N2O3S2. The molecule has 5 nitrogen and oxygen atoms in total. The summed E-state index contributed by atoms with van der Waals surface area (Å²) in [5.41, 5.74) is 1.44. The van der Waals surface area contributed by atoms with Crippen LogP contribution >= 0.6 is 0 Å². The van der Waals surface area contributed by atoms with Crippen molar-refractivity contribution < 1.29 is 12.6 Å². The van der Waals surface area contributed by atoms with Crippen molar-refractivity contribution in [3.05, 3.63) is 59.7 Å². The monoisotopic (exact) mass is 348 g/mol. The topological polar surface area (TPSA) is 87.0 Å². The van der Waals surface area contributed by atoms with Gasteiger partial charge < -0.3 is 0 Å². The first-order chi connectivity index (χ1) is 10.8. The largest absolute Gasteiger partial charge is 0.249 e. The van der Waals surface area contributed by atoms with E-state index in [4.69, 9.17) is 0 Å². The molecule has 0 fully saturated rings. The predicted molar refractivity (Wildman–Crippen MR) is 88.6 cm³/mol. The molecule has 0 aliphatic carbocycles. The van der Waals surface area contributed by atoms with E-state index in [1.807, 2.05) is 25.1 Å². The van der Waals surface area contributed by atoms with Gasteiger partial charge in [0.05, 0.1) is 23.1 Å². The van der Waals surface area contributed by atoms with Gasteiger partial charge in [0.1, 0.15) is 6.04 Å². The number of nitrogens with one attached hydrogen (secondary N) is 1. The average molecular weight is 348 g/mol. The van der Waals surface area contributed by atoms with E-state index < -0.39 is 26.9 Å². The molecule has 0 spiro atoms. The van der Waals surface area contributed by atoms with Crippen molar-refractivity contribution >= 4 is 20.8 Å². The van der Waals surface area contributed by atoms with E-state index in [1.54, 1.807) is 36.4 Å². The van der Waals surface area contributed by atoms with Crippen LogP contribution in [-0.2, 0) is 20.8 Å². The Balaban J connectivity index is 2.46. The molecule has 0 radical (unpaired) electrons. The Morgan fingerprint density at radius 1 is 1.13 bits per heavy atom. The first-order valence-corrected chi connectivity index (χ1v) is 9.80. The van der Waals surface area contributed by atoms with Crippen LogP contribution in [0.25, 0.3) is 0 Å². The summed E-state index contributed by atoms with van der Waals surface area (Å²) >= 11 is 0. The molecule has 23 heavy (non-hydrogen) atoms. The van der Waals surface area contributed by atoms with Gasteiger partial charge in [0.25, 0.3) is 0 Å². The molecular weight excluding hydrogens is 332 g/mol. The lowest BCUT2D eigenvalue weighted by molar-refractivity contribution is 0.580. The molecule has 2 aromatic rings. The van der Waals surface area contributed by atoms with E-state index in [2.05, 4.69) is 4.72 Å². The van der Waals surface area contributed by atoms with Gasteiger partial charge in [-0.3, -0.25) is 0 Å². The van der Waals surface area contributed by atoms with Crippen molar-refractivity contribution in [1.29, 1.82) is 5.26 Å². The second-order valence-corrected chi connectivity index (χ2v) is 8.30. The van der Waals surface area contributed by atoms with Crippen molar-refractivity contribution in [2.45, 2.75) is 22.8 Å². The molecule has 7 heteroatoms. The average Bonchev–Trinajstić information content (AvgIpc) is 2.52. The van der Waals surface area contributed by atoms with Crippen LogP contribution in [0.15, 0.2) is 58.3 Å². The number of benzene rings is 2. The Hall–Kier alpha value is -2.01. The van der Waals surface area contributed by atoms with Crippen LogP contribution in [0, 0.1) is 18.3 Å². The molecule has 0 unspecified atom stereocenters. The highest BCUT2D eigenvalue weighted by atomic mass is 32.2.